The van der Waals surface area contributed by atoms with Crippen molar-refractivity contribution in [2.45, 2.75) is 45.5 Å². The fraction of sp³-hybridized carbons (Fsp3) is 0.500. The number of halogens is 3. The van der Waals surface area contributed by atoms with Crippen molar-refractivity contribution < 1.29 is 27.6 Å². The minimum atomic E-state index is -4.92. The van der Waals surface area contributed by atoms with Crippen LogP contribution in [-0.2, 0) is 20.9 Å². The van der Waals surface area contributed by atoms with Gasteiger partial charge in [0.15, 0.2) is 0 Å². The van der Waals surface area contributed by atoms with Crippen molar-refractivity contribution in [2.24, 2.45) is 5.92 Å². The number of likely N-dealkylation sites (tertiary alicyclic amines) is 1. The standard InChI is InChI=1S/C18H22F3N3O3/c1-17(2,3)24-10-12(8-14(24)25)15(26)23-13-6-4-11(5-7-13)9-22-16(27)18(19,20)21/h4-7,12H,8-10H2,1-3H3,(H,22,27)(H,23,26). The Bertz CT molecular complexity index is 724. The molecule has 0 spiro atoms. The first kappa shape index (κ1) is 20.7. The van der Waals surface area contributed by atoms with E-state index in [4.69, 9.17) is 0 Å². The number of nitrogens with zero attached hydrogens (tertiary/aromatic N) is 1. The highest BCUT2D eigenvalue weighted by molar-refractivity contribution is 5.97. The molecule has 1 aromatic rings. The lowest BCUT2D eigenvalue weighted by atomic mass is 10.1. The van der Waals surface area contributed by atoms with Crippen molar-refractivity contribution in [1.29, 1.82) is 0 Å². The number of nitrogens with one attached hydrogen (secondary N) is 2. The lowest BCUT2D eigenvalue weighted by molar-refractivity contribution is -0.173. The van der Waals surface area contributed by atoms with E-state index in [9.17, 15) is 27.6 Å². The Morgan fingerprint density at radius 1 is 1.15 bits per heavy atom. The first-order chi connectivity index (χ1) is 12.4. The van der Waals surface area contributed by atoms with Gasteiger partial charge < -0.3 is 15.5 Å². The van der Waals surface area contributed by atoms with E-state index in [1.807, 2.05) is 20.8 Å². The van der Waals surface area contributed by atoms with Crippen molar-refractivity contribution in [3.05, 3.63) is 29.8 Å². The van der Waals surface area contributed by atoms with Gasteiger partial charge in [0.25, 0.3) is 0 Å². The van der Waals surface area contributed by atoms with Gasteiger partial charge in [0.2, 0.25) is 11.8 Å². The third kappa shape index (κ3) is 5.45. The van der Waals surface area contributed by atoms with E-state index in [2.05, 4.69) is 5.32 Å². The quantitative estimate of drug-likeness (QED) is 0.836. The molecule has 0 bridgehead atoms. The Labute approximate surface area is 155 Å². The molecule has 1 heterocycles. The van der Waals surface area contributed by atoms with E-state index in [0.29, 0.717) is 17.8 Å². The van der Waals surface area contributed by atoms with Crippen LogP contribution in [0.15, 0.2) is 24.3 Å². The maximum Gasteiger partial charge on any atom is 0.471 e. The summed E-state index contributed by atoms with van der Waals surface area (Å²) in [5, 5.41) is 4.48. The summed E-state index contributed by atoms with van der Waals surface area (Å²) in [5.41, 5.74) is 0.572. The minimum Gasteiger partial charge on any atom is -0.344 e. The Morgan fingerprint density at radius 2 is 1.74 bits per heavy atom. The first-order valence-corrected chi connectivity index (χ1v) is 8.43. The molecule has 0 radical (unpaired) electrons. The Hall–Kier alpha value is -2.58. The monoisotopic (exact) mass is 385 g/mol. The van der Waals surface area contributed by atoms with Gasteiger partial charge in [0.1, 0.15) is 0 Å². The maximum atomic E-state index is 12.4. The summed E-state index contributed by atoms with van der Waals surface area (Å²) in [7, 11) is 0. The molecule has 1 unspecified atom stereocenters. The van der Waals surface area contributed by atoms with E-state index >= 15 is 0 Å². The van der Waals surface area contributed by atoms with Gasteiger partial charge in [-0.15, -0.1) is 0 Å². The molecule has 0 aliphatic carbocycles. The van der Waals surface area contributed by atoms with Crippen LogP contribution in [0.2, 0.25) is 0 Å². The molecule has 1 aliphatic heterocycles. The summed E-state index contributed by atoms with van der Waals surface area (Å²) in [6.07, 6.45) is -4.78. The van der Waals surface area contributed by atoms with E-state index in [1.165, 1.54) is 24.3 Å². The zero-order valence-electron chi connectivity index (χ0n) is 15.3. The summed E-state index contributed by atoms with van der Waals surface area (Å²) in [4.78, 5) is 36.9. The summed E-state index contributed by atoms with van der Waals surface area (Å²) in [6, 6.07) is 6.08. The molecule has 1 fully saturated rings. The highest BCUT2D eigenvalue weighted by Gasteiger charge is 2.39. The SMILES string of the molecule is CC(C)(C)N1CC(C(=O)Nc2ccc(CNC(=O)C(F)(F)F)cc2)CC1=O. The molecule has 9 heteroatoms. The van der Waals surface area contributed by atoms with Crippen LogP contribution >= 0.6 is 0 Å². The number of carbonyl (C=O) groups excluding carboxylic acids is 3. The van der Waals surface area contributed by atoms with Crippen LogP contribution in [0, 0.1) is 5.92 Å². The Kier molecular flexibility index (Phi) is 5.82. The average molecular weight is 385 g/mol. The number of benzene rings is 1. The van der Waals surface area contributed by atoms with Gasteiger partial charge in [-0.05, 0) is 38.5 Å². The second kappa shape index (κ2) is 7.58. The van der Waals surface area contributed by atoms with Gasteiger partial charge in [0.05, 0.1) is 5.92 Å². The first-order valence-electron chi connectivity index (χ1n) is 8.43. The van der Waals surface area contributed by atoms with E-state index in [1.54, 1.807) is 10.2 Å². The zero-order valence-corrected chi connectivity index (χ0v) is 15.3. The number of amides is 3. The molecule has 148 valence electrons. The van der Waals surface area contributed by atoms with Crippen molar-refractivity contribution >= 4 is 23.4 Å². The molecule has 27 heavy (non-hydrogen) atoms. The van der Waals surface area contributed by atoms with Gasteiger partial charge >= 0.3 is 12.1 Å². The van der Waals surface area contributed by atoms with Crippen LogP contribution in [-0.4, -0.2) is 40.9 Å². The molecule has 1 atom stereocenters. The third-order valence-corrected chi connectivity index (χ3v) is 4.24. The molecule has 2 N–H and O–H groups in total. The molecule has 2 rings (SSSR count). The second-order valence-corrected chi connectivity index (χ2v) is 7.44. The summed E-state index contributed by atoms with van der Waals surface area (Å²) in [5.74, 6) is -2.82. The predicted molar refractivity (Wildman–Crippen MR) is 92.5 cm³/mol. The molecule has 3 amide bonds. The van der Waals surface area contributed by atoms with Crippen LogP contribution in [0.1, 0.15) is 32.8 Å². The Balaban J connectivity index is 1.90. The maximum absolute atomic E-state index is 12.4. The number of rotatable bonds is 4. The van der Waals surface area contributed by atoms with E-state index in [-0.39, 0.29) is 30.3 Å². The highest BCUT2D eigenvalue weighted by Crippen LogP contribution is 2.26. The van der Waals surface area contributed by atoms with Crippen LogP contribution in [0.4, 0.5) is 18.9 Å². The number of carbonyl (C=O) groups is 3. The molecule has 1 aliphatic rings. The topological polar surface area (TPSA) is 78.5 Å². The fourth-order valence-corrected chi connectivity index (χ4v) is 2.76. The van der Waals surface area contributed by atoms with Crippen LogP contribution in [0.5, 0.6) is 0 Å². The van der Waals surface area contributed by atoms with Gasteiger partial charge in [-0.1, -0.05) is 12.1 Å². The number of hydrogen-bond acceptors (Lipinski definition) is 3. The third-order valence-electron chi connectivity index (χ3n) is 4.24. The largest absolute Gasteiger partial charge is 0.471 e. The molecule has 0 aromatic heterocycles. The molecule has 1 aromatic carbocycles. The van der Waals surface area contributed by atoms with Crippen molar-refractivity contribution in [1.82, 2.24) is 10.2 Å². The Morgan fingerprint density at radius 3 is 2.22 bits per heavy atom. The van der Waals surface area contributed by atoms with Crippen molar-refractivity contribution in [2.75, 3.05) is 11.9 Å². The van der Waals surface area contributed by atoms with Gasteiger partial charge in [-0.25, -0.2) is 0 Å². The summed E-state index contributed by atoms with van der Waals surface area (Å²) in [6.45, 7) is 5.78. The van der Waals surface area contributed by atoms with E-state index < -0.39 is 18.0 Å². The van der Waals surface area contributed by atoms with Crippen molar-refractivity contribution in [3.8, 4) is 0 Å². The lowest BCUT2D eigenvalue weighted by Crippen LogP contribution is -2.42. The highest BCUT2D eigenvalue weighted by atomic mass is 19.4. The number of alkyl halides is 3. The van der Waals surface area contributed by atoms with Gasteiger partial charge in [0, 0.05) is 30.7 Å². The summed E-state index contributed by atoms with van der Waals surface area (Å²) >= 11 is 0. The molecule has 6 nitrogen and oxygen atoms in total. The van der Waals surface area contributed by atoms with Crippen LogP contribution < -0.4 is 10.6 Å². The number of anilines is 1. The molecule has 0 saturated carbocycles. The predicted octanol–water partition coefficient (Wildman–Crippen LogP) is 2.45. The smallest absolute Gasteiger partial charge is 0.344 e. The van der Waals surface area contributed by atoms with Crippen molar-refractivity contribution in [3.63, 3.8) is 0 Å². The minimum absolute atomic E-state index is 0.0709. The molecular weight excluding hydrogens is 363 g/mol. The second-order valence-electron chi connectivity index (χ2n) is 7.44. The normalized spacial score (nSPS) is 17.8. The molecule has 1 saturated heterocycles. The lowest BCUT2D eigenvalue weighted by Gasteiger charge is -2.31. The summed E-state index contributed by atoms with van der Waals surface area (Å²) < 4.78 is 36.4. The van der Waals surface area contributed by atoms with Crippen LogP contribution in [0.3, 0.4) is 0 Å². The van der Waals surface area contributed by atoms with Crippen LogP contribution in [0.25, 0.3) is 0 Å². The average Bonchev–Trinajstić information content (AvgIpc) is 2.95. The zero-order chi connectivity index (χ0) is 20.4. The van der Waals surface area contributed by atoms with E-state index in [0.717, 1.165) is 0 Å². The van der Waals surface area contributed by atoms with Gasteiger partial charge in [-0.2, -0.15) is 13.2 Å². The van der Waals surface area contributed by atoms with Gasteiger partial charge in [-0.3, -0.25) is 14.4 Å². The molecular formula is C18H22F3N3O3. The number of hydrogen-bond donors (Lipinski definition) is 2. The fourth-order valence-electron chi connectivity index (χ4n) is 2.76.